The second kappa shape index (κ2) is 35.1. The van der Waals surface area contributed by atoms with Crippen LogP contribution in [0.4, 0.5) is 5.69 Å². The molecular formula is C89H123N3. The van der Waals surface area contributed by atoms with Crippen molar-refractivity contribution in [1.82, 2.24) is 9.97 Å². The molecule has 3 heteroatoms. The minimum absolute atomic E-state index is 0.207. The van der Waals surface area contributed by atoms with E-state index in [9.17, 15) is 0 Å². The Kier molecular flexibility index (Phi) is 28.4. The summed E-state index contributed by atoms with van der Waals surface area (Å²) in [6.07, 6.45) is 12.3. The van der Waals surface area contributed by atoms with Gasteiger partial charge in [-0.15, -0.1) is 0 Å². The molecule has 1 saturated carbocycles. The van der Waals surface area contributed by atoms with Crippen molar-refractivity contribution in [3.05, 3.63) is 232 Å². The van der Waals surface area contributed by atoms with Crippen molar-refractivity contribution in [2.45, 2.75) is 243 Å². The fourth-order valence-corrected chi connectivity index (χ4v) is 12.4. The van der Waals surface area contributed by atoms with Crippen molar-refractivity contribution >= 4 is 5.69 Å². The molecule has 92 heavy (non-hydrogen) atoms. The van der Waals surface area contributed by atoms with Crippen molar-refractivity contribution in [1.29, 1.82) is 0 Å². The number of piperidine rings is 1. The SMILES string of the molecule is CC(C)C1CCN(c2ccc(C(C)(C)C)cc2)CC1.CC(C)c1ccc(-c2ccc(C(C)(C)C)cc2)cn1.CC(C)c1ccc(-c2ccc(C(C)C)cc2)cc1.CC(C)c1ccc(-c2ccc(C(C)C)cn2)cc1.CC(C)c1ccc(C2CCC(C(C)C)CC2)cc1. The fraction of sp³-hybridized carbons (Fsp3) is 0.483. The zero-order valence-corrected chi connectivity index (χ0v) is 61.7. The molecule has 8 aromatic rings. The summed E-state index contributed by atoms with van der Waals surface area (Å²) in [5, 5.41) is 0. The number of nitrogens with zero attached hydrogens (tertiary/aromatic N) is 3. The Morgan fingerprint density at radius 1 is 0.315 bits per heavy atom. The molecule has 1 saturated heterocycles. The van der Waals surface area contributed by atoms with Crippen LogP contribution in [0.25, 0.3) is 33.5 Å². The van der Waals surface area contributed by atoms with Gasteiger partial charge in [-0.2, -0.15) is 0 Å². The van der Waals surface area contributed by atoms with Gasteiger partial charge in [0.2, 0.25) is 0 Å². The molecule has 1 aliphatic carbocycles. The lowest BCUT2D eigenvalue weighted by Gasteiger charge is -2.35. The molecular weight excluding hydrogens is 1110 g/mol. The highest BCUT2D eigenvalue weighted by Crippen LogP contribution is 2.39. The maximum Gasteiger partial charge on any atom is 0.0702 e. The first-order valence-electron chi connectivity index (χ1n) is 35.8. The van der Waals surface area contributed by atoms with Crippen LogP contribution in [-0.2, 0) is 10.8 Å². The number of aromatic nitrogens is 2. The topological polar surface area (TPSA) is 29.0 Å². The zero-order chi connectivity index (χ0) is 67.5. The van der Waals surface area contributed by atoms with Crippen molar-refractivity contribution in [2.24, 2.45) is 23.7 Å². The molecule has 0 N–H and O–H groups in total. The monoisotopic (exact) mass is 1230 g/mol. The Balaban J connectivity index is 0.000000183. The van der Waals surface area contributed by atoms with Gasteiger partial charge in [0, 0.05) is 48.0 Å². The molecule has 494 valence electrons. The van der Waals surface area contributed by atoms with E-state index in [0.29, 0.717) is 35.5 Å². The van der Waals surface area contributed by atoms with Crippen LogP contribution in [0.15, 0.2) is 182 Å². The number of benzene rings is 6. The Labute approximate surface area is 563 Å². The Morgan fingerprint density at radius 2 is 0.663 bits per heavy atom. The summed E-state index contributed by atoms with van der Waals surface area (Å²) in [6, 6.07) is 62.5. The lowest BCUT2D eigenvalue weighted by Crippen LogP contribution is -2.35. The molecule has 2 aromatic heterocycles. The molecule has 3 heterocycles. The highest BCUT2D eigenvalue weighted by Gasteiger charge is 2.25. The van der Waals surface area contributed by atoms with Gasteiger partial charge in [-0.25, -0.2) is 0 Å². The maximum absolute atomic E-state index is 4.54. The van der Waals surface area contributed by atoms with Crippen LogP contribution >= 0.6 is 0 Å². The number of anilines is 1. The quantitative estimate of drug-likeness (QED) is 0.115. The van der Waals surface area contributed by atoms with Gasteiger partial charge < -0.3 is 4.90 Å². The van der Waals surface area contributed by atoms with Crippen molar-refractivity contribution in [3.63, 3.8) is 0 Å². The molecule has 0 spiro atoms. The van der Waals surface area contributed by atoms with E-state index in [-0.39, 0.29) is 10.8 Å². The largest absolute Gasteiger partial charge is 0.372 e. The van der Waals surface area contributed by atoms with Crippen LogP contribution in [0.3, 0.4) is 0 Å². The smallest absolute Gasteiger partial charge is 0.0702 e. The zero-order valence-electron chi connectivity index (χ0n) is 61.7. The van der Waals surface area contributed by atoms with Gasteiger partial charge in [-0.3, -0.25) is 9.97 Å². The van der Waals surface area contributed by atoms with E-state index in [4.69, 9.17) is 0 Å². The third kappa shape index (κ3) is 22.9. The van der Waals surface area contributed by atoms with E-state index in [1.165, 1.54) is 124 Å². The normalized spacial score (nSPS) is 15.4. The van der Waals surface area contributed by atoms with Crippen molar-refractivity contribution in [3.8, 4) is 33.5 Å². The summed E-state index contributed by atoms with van der Waals surface area (Å²) in [5.41, 5.74) is 21.6. The highest BCUT2D eigenvalue weighted by atomic mass is 15.1. The van der Waals surface area contributed by atoms with Gasteiger partial charge in [0.05, 0.1) is 5.69 Å². The van der Waals surface area contributed by atoms with E-state index in [0.717, 1.165) is 41.0 Å². The molecule has 6 aromatic carbocycles. The van der Waals surface area contributed by atoms with Crippen LogP contribution in [0.1, 0.15) is 282 Å². The average Bonchev–Trinajstić information content (AvgIpc) is 1.30. The van der Waals surface area contributed by atoms with E-state index >= 15 is 0 Å². The first-order valence-corrected chi connectivity index (χ1v) is 35.8. The maximum atomic E-state index is 4.54. The molecule has 2 aliphatic rings. The van der Waals surface area contributed by atoms with E-state index in [1.54, 1.807) is 5.56 Å². The van der Waals surface area contributed by atoms with Gasteiger partial charge in [-0.1, -0.05) is 298 Å². The predicted octanol–water partition coefficient (Wildman–Crippen LogP) is 26.4. The number of hydrogen-bond donors (Lipinski definition) is 0. The molecule has 0 unspecified atom stereocenters. The van der Waals surface area contributed by atoms with Gasteiger partial charge in [0.1, 0.15) is 0 Å². The van der Waals surface area contributed by atoms with Gasteiger partial charge in [0.15, 0.2) is 0 Å². The molecule has 2 fully saturated rings. The molecule has 10 rings (SSSR count). The third-order valence-corrected chi connectivity index (χ3v) is 19.6. The van der Waals surface area contributed by atoms with Gasteiger partial charge in [-0.05, 0) is 200 Å². The van der Waals surface area contributed by atoms with Crippen LogP contribution in [0, 0.1) is 23.7 Å². The molecule has 0 atom stereocenters. The molecule has 1 aliphatic heterocycles. The minimum atomic E-state index is 0.207. The summed E-state index contributed by atoms with van der Waals surface area (Å²) >= 11 is 0. The highest BCUT2D eigenvalue weighted by molar-refractivity contribution is 5.65. The van der Waals surface area contributed by atoms with E-state index in [1.807, 2.05) is 12.4 Å². The van der Waals surface area contributed by atoms with Crippen LogP contribution in [0.5, 0.6) is 0 Å². The van der Waals surface area contributed by atoms with Gasteiger partial charge in [0.25, 0.3) is 0 Å². The lowest BCUT2D eigenvalue weighted by atomic mass is 9.74. The number of pyridine rings is 2. The number of rotatable bonds is 13. The summed E-state index contributed by atoms with van der Waals surface area (Å²) in [4.78, 5) is 11.6. The molecule has 0 radical (unpaired) electrons. The Bertz CT molecular complexity index is 3110. The summed E-state index contributed by atoms with van der Waals surface area (Å²) in [7, 11) is 0. The van der Waals surface area contributed by atoms with Crippen molar-refractivity contribution in [2.75, 3.05) is 18.0 Å². The first-order chi connectivity index (χ1) is 43.5. The van der Waals surface area contributed by atoms with E-state index in [2.05, 4.69) is 337 Å². The average molecular weight is 1230 g/mol. The molecule has 0 amide bonds. The second-order valence-electron chi connectivity index (χ2n) is 31.5. The van der Waals surface area contributed by atoms with Crippen LogP contribution < -0.4 is 4.90 Å². The standard InChI is InChI=1S/C18H23N.C18H29N.C18H28.C18H22.C17H21N/c1-13(2)17-11-8-15(12-19-17)14-6-9-16(10-7-14)18(3,4)5;1-14(2)15-10-12-19(13-11-15)17-8-6-16(7-9-17)18(3,4)5;2*1-13(2)15-5-9-17(10-6-15)18-11-7-16(8-12-18)14(3)4;1-12(2)14-5-7-15(8-6-14)17-10-9-16(11-18-17)13(3)4/h6-13H,1-5H3;6-9,14-15H,10-13H2,1-5H3;5-6,9-10,13-14,16,18H,7-8,11-12H2,1-4H3;5-14H,1-4H3;5-13H,1-4H3. The lowest BCUT2D eigenvalue weighted by molar-refractivity contribution is 0.259. The van der Waals surface area contributed by atoms with Gasteiger partial charge >= 0.3 is 0 Å². The van der Waals surface area contributed by atoms with E-state index < -0.39 is 0 Å². The molecule has 3 nitrogen and oxygen atoms in total. The van der Waals surface area contributed by atoms with Crippen LogP contribution in [0.2, 0.25) is 0 Å². The minimum Gasteiger partial charge on any atom is -0.372 e. The number of hydrogen-bond acceptors (Lipinski definition) is 3. The molecule has 0 bridgehead atoms. The summed E-state index contributed by atoms with van der Waals surface area (Å²) < 4.78 is 0. The Hall–Kier alpha value is -6.58. The van der Waals surface area contributed by atoms with Crippen molar-refractivity contribution < 1.29 is 0 Å². The summed E-state index contributed by atoms with van der Waals surface area (Å²) in [5.74, 6) is 7.87. The van der Waals surface area contributed by atoms with Crippen LogP contribution in [-0.4, -0.2) is 23.1 Å². The fourth-order valence-electron chi connectivity index (χ4n) is 12.4. The Morgan fingerprint density at radius 3 is 1.01 bits per heavy atom. The third-order valence-electron chi connectivity index (χ3n) is 19.6. The predicted molar refractivity (Wildman–Crippen MR) is 405 cm³/mol. The summed E-state index contributed by atoms with van der Waals surface area (Å²) in [6.45, 7) is 52.0. The first kappa shape index (κ1) is 74.5. The second-order valence-corrected chi connectivity index (χ2v) is 31.5.